The molecule has 0 spiro atoms. The number of ether oxygens (including phenoxy) is 2. The Morgan fingerprint density at radius 1 is 0.969 bits per heavy atom. The summed E-state index contributed by atoms with van der Waals surface area (Å²) in [6.45, 7) is 1.03. The summed E-state index contributed by atoms with van der Waals surface area (Å²) >= 11 is 5.99. The highest BCUT2D eigenvalue weighted by atomic mass is 35.5. The van der Waals surface area contributed by atoms with E-state index in [0.29, 0.717) is 41.7 Å². The molecule has 0 saturated heterocycles. The van der Waals surface area contributed by atoms with Crippen LogP contribution in [0.25, 0.3) is 10.9 Å². The first-order valence-corrected chi connectivity index (χ1v) is 10.7. The molecule has 0 aliphatic rings. The summed E-state index contributed by atoms with van der Waals surface area (Å²) in [5, 5.41) is 9.12. The van der Waals surface area contributed by atoms with Gasteiger partial charge in [-0.2, -0.15) is 5.10 Å². The van der Waals surface area contributed by atoms with Gasteiger partial charge in [-0.1, -0.05) is 48.0 Å². The van der Waals surface area contributed by atoms with Crippen molar-refractivity contribution in [1.29, 1.82) is 0 Å². The summed E-state index contributed by atoms with van der Waals surface area (Å²) in [7, 11) is 3.21. The molecule has 1 amide bonds. The smallest absolute Gasteiger partial charge is 0.272 e. The van der Waals surface area contributed by atoms with Crippen molar-refractivity contribution in [2.75, 3.05) is 20.8 Å². The van der Waals surface area contributed by atoms with E-state index in [1.165, 1.54) is 0 Å². The van der Waals surface area contributed by atoms with Gasteiger partial charge in [0.25, 0.3) is 5.91 Å². The molecule has 4 rings (SSSR count). The molecule has 6 nitrogen and oxygen atoms in total. The van der Waals surface area contributed by atoms with Gasteiger partial charge in [0.05, 0.1) is 26.3 Å². The third-order valence-electron chi connectivity index (χ3n) is 5.27. The van der Waals surface area contributed by atoms with Crippen molar-refractivity contribution in [2.24, 2.45) is 0 Å². The number of nitrogens with one attached hydrogen (secondary N) is 1. The van der Waals surface area contributed by atoms with Gasteiger partial charge < -0.3 is 14.8 Å². The lowest BCUT2D eigenvalue weighted by atomic mass is 10.1. The third kappa shape index (κ3) is 4.70. The number of para-hydroxylation sites is 1. The van der Waals surface area contributed by atoms with Crippen LogP contribution in [0.4, 0.5) is 0 Å². The largest absolute Gasteiger partial charge is 0.493 e. The van der Waals surface area contributed by atoms with E-state index in [1.807, 2.05) is 71.4 Å². The van der Waals surface area contributed by atoms with Gasteiger partial charge in [0, 0.05) is 17.0 Å². The Balaban J connectivity index is 1.48. The number of hydrogen-bond acceptors (Lipinski definition) is 4. The molecule has 0 aliphatic carbocycles. The van der Waals surface area contributed by atoms with E-state index < -0.39 is 0 Å². The topological polar surface area (TPSA) is 65.4 Å². The molecule has 4 aromatic rings. The number of benzene rings is 3. The Bertz CT molecular complexity index is 1240. The first kappa shape index (κ1) is 21.7. The average Bonchev–Trinajstić information content (AvgIpc) is 3.19. The van der Waals surface area contributed by atoms with E-state index in [4.69, 9.17) is 21.1 Å². The maximum absolute atomic E-state index is 12.9. The van der Waals surface area contributed by atoms with Crippen LogP contribution in [-0.4, -0.2) is 36.5 Å². The van der Waals surface area contributed by atoms with Crippen molar-refractivity contribution >= 4 is 28.4 Å². The first-order chi connectivity index (χ1) is 15.6. The van der Waals surface area contributed by atoms with Crippen LogP contribution in [-0.2, 0) is 13.0 Å². The van der Waals surface area contributed by atoms with Gasteiger partial charge in [-0.25, -0.2) is 0 Å². The lowest BCUT2D eigenvalue weighted by Crippen LogP contribution is -2.26. The fourth-order valence-electron chi connectivity index (χ4n) is 3.62. The maximum atomic E-state index is 12.9. The Kier molecular flexibility index (Phi) is 6.61. The minimum absolute atomic E-state index is 0.198. The highest BCUT2D eigenvalue weighted by Gasteiger charge is 2.17. The van der Waals surface area contributed by atoms with Crippen LogP contribution in [0.2, 0.25) is 5.02 Å². The molecule has 3 aromatic carbocycles. The summed E-state index contributed by atoms with van der Waals surface area (Å²) in [4.78, 5) is 12.9. The van der Waals surface area contributed by atoms with Gasteiger partial charge in [0.2, 0.25) is 0 Å². The Morgan fingerprint density at radius 2 is 1.69 bits per heavy atom. The second kappa shape index (κ2) is 9.75. The number of carbonyl (C=O) groups excluding carboxylic acids is 1. The summed E-state index contributed by atoms with van der Waals surface area (Å²) < 4.78 is 12.5. The SMILES string of the molecule is COc1ccc(CCNC(=O)c2nn(Cc3ccc(Cl)cc3)c3ccccc23)cc1OC. The van der Waals surface area contributed by atoms with E-state index >= 15 is 0 Å². The zero-order valence-electron chi connectivity index (χ0n) is 18.0. The molecule has 164 valence electrons. The molecule has 0 aliphatic heterocycles. The molecule has 0 saturated carbocycles. The zero-order valence-corrected chi connectivity index (χ0v) is 18.7. The summed E-state index contributed by atoms with van der Waals surface area (Å²) in [5.74, 6) is 1.15. The standard InChI is InChI=1S/C25H24ClN3O3/c1-31-22-12-9-17(15-23(22)32-2)13-14-27-25(30)24-20-5-3-4-6-21(20)29(28-24)16-18-7-10-19(26)11-8-18/h3-12,15H,13-14,16H2,1-2H3,(H,27,30). The van der Waals surface area contributed by atoms with Gasteiger partial charge in [0.15, 0.2) is 17.2 Å². The minimum atomic E-state index is -0.198. The molecule has 1 aromatic heterocycles. The maximum Gasteiger partial charge on any atom is 0.272 e. The molecule has 0 fully saturated rings. The molecule has 1 N–H and O–H groups in total. The number of halogens is 1. The fourth-order valence-corrected chi connectivity index (χ4v) is 3.74. The van der Waals surface area contributed by atoms with Gasteiger partial charge >= 0.3 is 0 Å². The molecule has 32 heavy (non-hydrogen) atoms. The predicted molar refractivity (Wildman–Crippen MR) is 126 cm³/mol. The molecule has 0 bridgehead atoms. The fraction of sp³-hybridized carbons (Fsp3) is 0.200. The Morgan fingerprint density at radius 3 is 2.44 bits per heavy atom. The normalized spacial score (nSPS) is 10.8. The molecule has 0 radical (unpaired) electrons. The van der Waals surface area contributed by atoms with Crippen molar-refractivity contribution in [3.8, 4) is 11.5 Å². The van der Waals surface area contributed by atoms with Crippen LogP contribution < -0.4 is 14.8 Å². The molecule has 7 heteroatoms. The molecular formula is C25H24ClN3O3. The second-order valence-electron chi connectivity index (χ2n) is 7.35. The van der Waals surface area contributed by atoms with Crippen LogP contribution in [0.5, 0.6) is 11.5 Å². The van der Waals surface area contributed by atoms with E-state index in [9.17, 15) is 4.79 Å². The third-order valence-corrected chi connectivity index (χ3v) is 5.52. The number of carbonyl (C=O) groups is 1. The van der Waals surface area contributed by atoms with Crippen molar-refractivity contribution in [3.63, 3.8) is 0 Å². The van der Waals surface area contributed by atoms with Crippen molar-refractivity contribution in [2.45, 2.75) is 13.0 Å². The van der Waals surface area contributed by atoms with Crippen molar-refractivity contribution in [3.05, 3.63) is 88.6 Å². The lowest BCUT2D eigenvalue weighted by Gasteiger charge is -2.10. The number of amides is 1. The first-order valence-electron chi connectivity index (χ1n) is 10.3. The van der Waals surface area contributed by atoms with Gasteiger partial charge in [-0.15, -0.1) is 0 Å². The van der Waals surface area contributed by atoms with E-state index in [2.05, 4.69) is 10.4 Å². The lowest BCUT2D eigenvalue weighted by molar-refractivity contribution is 0.0950. The number of aromatic nitrogens is 2. The summed E-state index contributed by atoms with van der Waals surface area (Å²) in [5.41, 5.74) is 3.43. The predicted octanol–water partition coefficient (Wildman–Crippen LogP) is 4.73. The number of rotatable bonds is 8. The highest BCUT2D eigenvalue weighted by Crippen LogP contribution is 2.27. The number of nitrogens with zero attached hydrogens (tertiary/aromatic N) is 2. The quantitative estimate of drug-likeness (QED) is 0.422. The van der Waals surface area contributed by atoms with Crippen LogP contribution in [0.15, 0.2) is 66.7 Å². The number of methoxy groups -OCH3 is 2. The minimum Gasteiger partial charge on any atom is -0.493 e. The zero-order chi connectivity index (χ0) is 22.5. The van der Waals surface area contributed by atoms with Crippen LogP contribution in [0.3, 0.4) is 0 Å². The number of fused-ring (bicyclic) bond motifs is 1. The Labute approximate surface area is 191 Å². The molecule has 1 heterocycles. The van der Waals surface area contributed by atoms with Gasteiger partial charge in [-0.3, -0.25) is 9.48 Å². The molecule has 0 unspecified atom stereocenters. The highest BCUT2D eigenvalue weighted by molar-refractivity contribution is 6.30. The van der Waals surface area contributed by atoms with Crippen LogP contribution >= 0.6 is 11.6 Å². The van der Waals surface area contributed by atoms with E-state index in [1.54, 1.807) is 14.2 Å². The van der Waals surface area contributed by atoms with Crippen molar-refractivity contribution < 1.29 is 14.3 Å². The molecule has 0 atom stereocenters. The summed E-state index contributed by atoms with van der Waals surface area (Å²) in [6.07, 6.45) is 0.662. The van der Waals surface area contributed by atoms with E-state index in [0.717, 1.165) is 22.0 Å². The summed E-state index contributed by atoms with van der Waals surface area (Å²) in [6, 6.07) is 21.1. The monoisotopic (exact) mass is 449 g/mol. The van der Waals surface area contributed by atoms with Gasteiger partial charge in [-0.05, 0) is 47.9 Å². The van der Waals surface area contributed by atoms with Crippen LogP contribution in [0.1, 0.15) is 21.6 Å². The van der Waals surface area contributed by atoms with E-state index in [-0.39, 0.29) is 5.91 Å². The number of hydrogen-bond donors (Lipinski definition) is 1. The van der Waals surface area contributed by atoms with Crippen molar-refractivity contribution in [1.82, 2.24) is 15.1 Å². The second-order valence-corrected chi connectivity index (χ2v) is 7.78. The Hall–Kier alpha value is -3.51. The van der Waals surface area contributed by atoms with Crippen LogP contribution in [0, 0.1) is 0 Å². The molecular weight excluding hydrogens is 426 g/mol. The van der Waals surface area contributed by atoms with Gasteiger partial charge in [0.1, 0.15) is 0 Å². The average molecular weight is 450 g/mol.